The van der Waals surface area contributed by atoms with Crippen molar-refractivity contribution in [3.63, 3.8) is 0 Å². The average molecular weight is 334 g/mol. The molecule has 8 nitrogen and oxygen atoms in total. The topological polar surface area (TPSA) is 105 Å². The fourth-order valence-electron chi connectivity index (χ4n) is 2.11. The van der Waals surface area contributed by atoms with Gasteiger partial charge in [0.25, 0.3) is 10.0 Å². The van der Waals surface area contributed by atoms with Crippen LogP contribution in [0.25, 0.3) is 0 Å². The summed E-state index contributed by atoms with van der Waals surface area (Å²) in [6.07, 6.45) is 2.97. The number of piperidine rings is 1. The second-order valence-corrected chi connectivity index (χ2v) is 7.65. The summed E-state index contributed by atoms with van der Waals surface area (Å²) in [4.78, 5) is 12.9. The number of hydrogen-bond acceptors (Lipinski definition) is 7. The van der Waals surface area contributed by atoms with Crippen molar-refractivity contribution in [1.82, 2.24) is 9.84 Å². The molecule has 0 aromatic carbocycles. The van der Waals surface area contributed by atoms with Gasteiger partial charge in [-0.1, -0.05) is 17.8 Å². The Labute approximate surface area is 127 Å². The summed E-state index contributed by atoms with van der Waals surface area (Å²) < 4.78 is 24.6. The van der Waals surface area contributed by atoms with E-state index in [4.69, 9.17) is 0 Å². The molecule has 1 aliphatic rings. The van der Waals surface area contributed by atoms with Crippen molar-refractivity contribution in [1.29, 1.82) is 0 Å². The van der Waals surface area contributed by atoms with Crippen molar-refractivity contribution in [2.45, 2.75) is 30.4 Å². The Bertz CT molecular complexity index is 608. The maximum atomic E-state index is 12.3. The van der Waals surface area contributed by atoms with Crippen molar-refractivity contribution in [3.8, 4) is 0 Å². The molecule has 0 radical (unpaired) electrons. The zero-order valence-electron chi connectivity index (χ0n) is 11.7. The van der Waals surface area contributed by atoms with Gasteiger partial charge in [-0.2, -0.15) is 0 Å². The molecule has 1 aromatic rings. The number of anilines is 1. The van der Waals surface area contributed by atoms with E-state index in [0.717, 1.165) is 36.7 Å². The lowest BCUT2D eigenvalue weighted by Gasteiger charge is -2.26. The Morgan fingerprint density at radius 1 is 1.38 bits per heavy atom. The van der Waals surface area contributed by atoms with Crippen LogP contribution in [0.5, 0.6) is 0 Å². The minimum Gasteiger partial charge on any atom is -0.372 e. The van der Waals surface area contributed by atoms with Gasteiger partial charge in [0.2, 0.25) is 0 Å². The minimum atomic E-state index is -3.76. The highest BCUT2D eigenvalue weighted by Gasteiger charge is 2.27. The molecule has 2 heterocycles. The first kappa shape index (κ1) is 16.1. The molecule has 0 aliphatic carbocycles. The van der Waals surface area contributed by atoms with Crippen molar-refractivity contribution < 1.29 is 13.3 Å². The van der Waals surface area contributed by atoms with Crippen molar-refractivity contribution >= 4 is 32.0 Å². The SMILES string of the molecule is CCNc1sc(S(=O)(=O)NN2CCCCC2)cc1[N+](=O)[O-]. The van der Waals surface area contributed by atoms with Crippen LogP contribution < -0.4 is 10.1 Å². The third-order valence-electron chi connectivity index (χ3n) is 3.09. The lowest BCUT2D eigenvalue weighted by Crippen LogP contribution is -2.44. The molecule has 1 aromatic heterocycles. The Hall–Kier alpha value is -1.23. The number of nitrogens with one attached hydrogen (secondary N) is 2. The van der Waals surface area contributed by atoms with Gasteiger partial charge in [-0.15, -0.1) is 4.83 Å². The summed E-state index contributed by atoms with van der Waals surface area (Å²) in [6.45, 7) is 3.60. The van der Waals surface area contributed by atoms with Crippen LogP contribution in [0.3, 0.4) is 0 Å². The third-order valence-corrected chi connectivity index (χ3v) is 6.03. The quantitative estimate of drug-likeness (QED) is 0.607. The fraction of sp³-hybridized carbons (Fsp3) is 0.636. The lowest BCUT2D eigenvalue weighted by molar-refractivity contribution is -0.383. The molecule has 21 heavy (non-hydrogen) atoms. The molecule has 0 amide bonds. The zero-order valence-corrected chi connectivity index (χ0v) is 13.3. The molecular weight excluding hydrogens is 316 g/mol. The second-order valence-electron chi connectivity index (χ2n) is 4.71. The van der Waals surface area contributed by atoms with Crippen molar-refractivity contribution in [2.24, 2.45) is 0 Å². The average Bonchev–Trinajstić information content (AvgIpc) is 2.85. The maximum absolute atomic E-state index is 12.3. The summed E-state index contributed by atoms with van der Waals surface area (Å²) in [5.41, 5.74) is -0.208. The van der Waals surface area contributed by atoms with Crippen molar-refractivity contribution in [2.75, 3.05) is 25.0 Å². The van der Waals surface area contributed by atoms with E-state index in [1.807, 2.05) is 0 Å². The van der Waals surface area contributed by atoms with Gasteiger partial charge in [-0.3, -0.25) is 10.1 Å². The Kier molecular flexibility index (Phi) is 5.14. The van der Waals surface area contributed by atoms with Crippen LogP contribution >= 0.6 is 11.3 Å². The van der Waals surface area contributed by atoms with Crippen LogP contribution in [-0.2, 0) is 10.0 Å². The van der Waals surface area contributed by atoms with Crippen LogP contribution in [0.2, 0.25) is 0 Å². The second kappa shape index (κ2) is 6.69. The van der Waals surface area contributed by atoms with Crippen LogP contribution in [0.15, 0.2) is 10.3 Å². The Morgan fingerprint density at radius 2 is 2.05 bits per heavy atom. The standard InChI is InChI=1S/C11H18N4O4S2/c1-2-12-11-9(15(16)17)8-10(20-11)21(18,19)13-14-6-4-3-5-7-14/h8,12-13H,2-7H2,1H3. The summed E-state index contributed by atoms with van der Waals surface area (Å²) in [5, 5.41) is 15.7. The van der Waals surface area contributed by atoms with E-state index in [1.165, 1.54) is 0 Å². The predicted molar refractivity (Wildman–Crippen MR) is 80.9 cm³/mol. The minimum absolute atomic E-state index is 0.0456. The van der Waals surface area contributed by atoms with E-state index in [9.17, 15) is 18.5 Å². The van der Waals surface area contributed by atoms with Gasteiger partial charge >= 0.3 is 5.69 Å². The summed E-state index contributed by atoms with van der Waals surface area (Å²) in [6, 6.07) is 1.11. The highest BCUT2D eigenvalue weighted by atomic mass is 32.2. The summed E-state index contributed by atoms with van der Waals surface area (Å²) in [7, 11) is -3.76. The molecule has 0 spiro atoms. The van der Waals surface area contributed by atoms with E-state index in [0.29, 0.717) is 19.6 Å². The molecule has 0 atom stereocenters. The van der Waals surface area contributed by atoms with E-state index in [1.54, 1.807) is 11.9 Å². The first-order valence-corrected chi connectivity index (χ1v) is 9.03. The van der Waals surface area contributed by atoms with E-state index in [2.05, 4.69) is 10.1 Å². The van der Waals surface area contributed by atoms with Crippen LogP contribution in [-0.4, -0.2) is 38.0 Å². The smallest absolute Gasteiger partial charge is 0.304 e. The zero-order chi connectivity index (χ0) is 15.5. The first-order chi connectivity index (χ1) is 9.94. The molecule has 0 bridgehead atoms. The van der Waals surface area contributed by atoms with Gasteiger partial charge in [0.1, 0.15) is 4.21 Å². The maximum Gasteiger partial charge on any atom is 0.304 e. The van der Waals surface area contributed by atoms with E-state index in [-0.39, 0.29) is 14.9 Å². The van der Waals surface area contributed by atoms with Crippen molar-refractivity contribution in [3.05, 3.63) is 16.2 Å². The number of nitrogens with zero attached hydrogens (tertiary/aromatic N) is 2. The lowest BCUT2D eigenvalue weighted by atomic mass is 10.2. The molecule has 2 rings (SSSR count). The number of thiophene rings is 1. The first-order valence-electron chi connectivity index (χ1n) is 6.73. The molecule has 1 aliphatic heterocycles. The Balaban J connectivity index is 2.22. The van der Waals surface area contributed by atoms with Gasteiger partial charge in [-0.05, 0) is 19.8 Å². The number of hydrogen-bond donors (Lipinski definition) is 2. The molecule has 118 valence electrons. The Morgan fingerprint density at radius 3 is 2.62 bits per heavy atom. The fourth-order valence-corrected chi connectivity index (χ4v) is 4.62. The van der Waals surface area contributed by atoms with E-state index >= 15 is 0 Å². The number of nitro groups is 1. The molecule has 0 saturated carbocycles. The molecular formula is C11H18N4O4S2. The number of sulfonamides is 1. The highest BCUT2D eigenvalue weighted by Crippen LogP contribution is 2.36. The van der Waals surface area contributed by atoms with Crippen LogP contribution in [0.4, 0.5) is 10.7 Å². The van der Waals surface area contributed by atoms with Gasteiger partial charge < -0.3 is 5.32 Å². The summed E-state index contributed by atoms with van der Waals surface area (Å²) >= 11 is 0.878. The molecule has 1 saturated heterocycles. The number of rotatable bonds is 6. The summed E-state index contributed by atoms with van der Waals surface area (Å²) in [5.74, 6) is 0. The largest absolute Gasteiger partial charge is 0.372 e. The van der Waals surface area contributed by atoms with Gasteiger partial charge in [0.05, 0.1) is 4.92 Å². The monoisotopic (exact) mass is 334 g/mol. The van der Waals surface area contributed by atoms with Gasteiger partial charge in [0, 0.05) is 25.7 Å². The predicted octanol–water partition coefficient (Wildman–Crippen LogP) is 1.77. The molecule has 2 N–H and O–H groups in total. The van der Waals surface area contributed by atoms with Gasteiger partial charge in [-0.25, -0.2) is 13.4 Å². The normalized spacial score (nSPS) is 16.8. The van der Waals surface area contributed by atoms with E-state index < -0.39 is 14.9 Å². The molecule has 1 fully saturated rings. The van der Waals surface area contributed by atoms with Crippen LogP contribution in [0.1, 0.15) is 26.2 Å². The van der Waals surface area contributed by atoms with Gasteiger partial charge in [0.15, 0.2) is 5.00 Å². The highest BCUT2D eigenvalue weighted by molar-refractivity contribution is 7.91. The third kappa shape index (κ3) is 3.90. The molecule has 10 heteroatoms. The number of hydrazine groups is 1. The molecule has 0 unspecified atom stereocenters. The van der Waals surface area contributed by atoms with Crippen LogP contribution in [0, 0.1) is 10.1 Å².